The first-order chi connectivity index (χ1) is 7.27. The van der Waals surface area contributed by atoms with Crippen molar-refractivity contribution in [3.05, 3.63) is 24.3 Å². The third-order valence-electron chi connectivity index (χ3n) is 2.24. The van der Waals surface area contributed by atoms with Crippen molar-refractivity contribution in [3.8, 4) is 0 Å². The number of rotatable bonds is 6. The zero-order chi connectivity index (χ0) is 11.1. The zero-order valence-electron chi connectivity index (χ0n) is 9.44. The monoisotopic (exact) mass is 241 g/mol. The second-order valence-electron chi connectivity index (χ2n) is 3.43. The first kappa shape index (κ1) is 12.8. The van der Waals surface area contributed by atoms with Gasteiger partial charge in [-0.15, -0.1) is 11.8 Å². The van der Waals surface area contributed by atoms with Gasteiger partial charge in [-0.25, -0.2) is 0 Å². The van der Waals surface area contributed by atoms with Crippen molar-refractivity contribution in [2.75, 3.05) is 30.0 Å². The van der Waals surface area contributed by atoms with Crippen LogP contribution in [-0.2, 0) is 0 Å². The van der Waals surface area contributed by atoms with Gasteiger partial charge in [0.1, 0.15) is 0 Å². The minimum atomic E-state index is 0.952. The van der Waals surface area contributed by atoms with Crippen LogP contribution in [0.2, 0.25) is 0 Å². The van der Waals surface area contributed by atoms with Crippen molar-refractivity contribution < 1.29 is 0 Å². The first-order valence-corrected chi connectivity index (χ1v) is 6.94. The van der Waals surface area contributed by atoms with Crippen LogP contribution in [0, 0.1) is 0 Å². The van der Waals surface area contributed by atoms with Crippen molar-refractivity contribution in [1.29, 1.82) is 0 Å². The third-order valence-corrected chi connectivity index (χ3v) is 3.45. The summed E-state index contributed by atoms with van der Waals surface area (Å²) in [5.74, 6) is 2.09. The number of anilines is 1. The molecule has 0 aliphatic carbocycles. The van der Waals surface area contributed by atoms with Crippen LogP contribution >= 0.6 is 24.4 Å². The average molecular weight is 241 g/mol. The van der Waals surface area contributed by atoms with Crippen molar-refractivity contribution in [3.63, 3.8) is 0 Å². The van der Waals surface area contributed by atoms with Gasteiger partial charge in [-0.2, -0.15) is 12.6 Å². The molecule has 15 heavy (non-hydrogen) atoms. The van der Waals surface area contributed by atoms with Crippen LogP contribution in [0.25, 0.3) is 0 Å². The molecule has 0 amide bonds. The van der Waals surface area contributed by atoms with E-state index in [0.29, 0.717) is 0 Å². The molecule has 84 valence electrons. The summed E-state index contributed by atoms with van der Waals surface area (Å²) in [7, 11) is 2.13. The lowest BCUT2D eigenvalue weighted by atomic mass is 10.3. The molecule has 1 rings (SSSR count). The molecule has 0 N–H and O–H groups in total. The van der Waals surface area contributed by atoms with Crippen molar-refractivity contribution in [2.24, 2.45) is 0 Å². The van der Waals surface area contributed by atoms with Gasteiger partial charge in [0, 0.05) is 24.2 Å². The molecule has 0 heterocycles. The molecule has 0 atom stereocenters. The van der Waals surface area contributed by atoms with Crippen LogP contribution < -0.4 is 4.90 Å². The summed E-state index contributed by atoms with van der Waals surface area (Å²) >= 11 is 6.10. The standard InChI is InChI=1S/C12H19NS2/c1-3-15-12-7-5-11(6-8-12)13(2)9-4-10-14/h5-8,14H,3-4,9-10H2,1-2H3. The van der Waals surface area contributed by atoms with Crippen molar-refractivity contribution >= 4 is 30.1 Å². The van der Waals surface area contributed by atoms with Crippen LogP contribution in [0.4, 0.5) is 5.69 Å². The van der Waals surface area contributed by atoms with Crippen LogP contribution in [0.3, 0.4) is 0 Å². The van der Waals surface area contributed by atoms with Gasteiger partial charge >= 0.3 is 0 Å². The van der Waals surface area contributed by atoms with E-state index in [9.17, 15) is 0 Å². The van der Waals surface area contributed by atoms with Gasteiger partial charge in [-0.05, 0) is 42.2 Å². The summed E-state index contributed by atoms with van der Waals surface area (Å²) in [4.78, 5) is 3.63. The van der Waals surface area contributed by atoms with Gasteiger partial charge in [0.05, 0.1) is 0 Å². The van der Waals surface area contributed by atoms with E-state index in [1.807, 2.05) is 11.8 Å². The summed E-state index contributed by atoms with van der Waals surface area (Å²) < 4.78 is 0. The molecule has 0 bridgehead atoms. The largest absolute Gasteiger partial charge is 0.375 e. The molecule has 3 heteroatoms. The van der Waals surface area contributed by atoms with Gasteiger partial charge in [0.15, 0.2) is 0 Å². The molecule has 0 saturated carbocycles. The van der Waals surface area contributed by atoms with Gasteiger partial charge in [0.25, 0.3) is 0 Å². The van der Waals surface area contributed by atoms with Crippen molar-refractivity contribution in [2.45, 2.75) is 18.2 Å². The fraction of sp³-hybridized carbons (Fsp3) is 0.500. The lowest BCUT2D eigenvalue weighted by molar-refractivity contribution is 0.860. The van der Waals surface area contributed by atoms with E-state index in [4.69, 9.17) is 0 Å². The van der Waals surface area contributed by atoms with Crippen LogP contribution in [0.5, 0.6) is 0 Å². The van der Waals surface area contributed by atoms with Gasteiger partial charge in [-0.1, -0.05) is 6.92 Å². The molecular formula is C12H19NS2. The number of hydrogen-bond donors (Lipinski definition) is 1. The van der Waals surface area contributed by atoms with E-state index in [-0.39, 0.29) is 0 Å². The summed E-state index contributed by atoms with van der Waals surface area (Å²) in [6.45, 7) is 3.25. The van der Waals surface area contributed by atoms with Crippen molar-refractivity contribution in [1.82, 2.24) is 0 Å². The van der Waals surface area contributed by atoms with E-state index in [1.54, 1.807) is 0 Å². The lowest BCUT2D eigenvalue weighted by Crippen LogP contribution is -2.18. The first-order valence-electron chi connectivity index (χ1n) is 5.32. The number of benzene rings is 1. The van der Waals surface area contributed by atoms with E-state index in [2.05, 4.69) is 55.8 Å². The molecule has 0 aromatic heterocycles. The Balaban J connectivity index is 2.54. The topological polar surface area (TPSA) is 3.24 Å². The number of hydrogen-bond acceptors (Lipinski definition) is 3. The van der Waals surface area contributed by atoms with E-state index in [1.165, 1.54) is 10.6 Å². The second-order valence-corrected chi connectivity index (χ2v) is 5.21. The highest BCUT2D eigenvalue weighted by molar-refractivity contribution is 7.99. The summed E-state index contributed by atoms with van der Waals surface area (Å²) in [5.41, 5.74) is 1.29. The highest BCUT2D eigenvalue weighted by Crippen LogP contribution is 2.21. The maximum absolute atomic E-state index is 4.22. The Morgan fingerprint density at radius 2 is 1.93 bits per heavy atom. The molecule has 0 aliphatic rings. The molecule has 0 radical (unpaired) electrons. The lowest BCUT2D eigenvalue weighted by Gasteiger charge is -2.18. The Morgan fingerprint density at radius 3 is 2.47 bits per heavy atom. The Labute approximate surface area is 103 Å². The maximum atomic E-state index is 4.22. The minimum absolute atomic E-state index is 0.952. The number of thioether (sulfide) groups is 1. The smallest absolute Gasteiger partial charge is 0.0364 e. The molecule has 0 saturated heterocycles. The molecule has 0 spiro atoms. The zero-order valence-corrected chi connectivity index (χ0v) is 11.2. The normalized spacial score (nSPS) is 10.3. The molecule has 1 aromatic rings. The van der Waals surface area contributed by atoms with Gasteiger partial charge in [-0.3, -0.25) is 0 Å². The quantitative estimate of drug-likeness (QED) is 0.599. The van der Waals surface area contributed by atoms with Crippen LogP contribution in [0.15, 0.2) is 29.2 Å². The Hall–Kier alpha value is -0.280. The number of nitrogens with zero attached hydrogens (tertiary/aromatic N) is 1. The summed E-state index contributed by atoms with van der Waals surface area (Å²) in [6.07, 6.45) is 1.13. The van der Waals surface area contributed by atoms with Gasteiger partial charge in [0.2, 0.25) is 0 Å². The van der Waals surface area contributed by atoms with Gasteiger partial charge < -0.3 is 4.90 Å². The minimum Gasteiger partial charge on any atom is -0.375 e. The molecular weight excluding hydrogens is 222 g/mol. The molecule has 1 nitrogen and oxygen atoms in total. The molecule has 0 unspecified atom stereocenters. The Bertz CT molecular complexity index is 271. The average Bonchev–Trinajstić information content (AvgIpc) is 2.27. The van der Waals surface area contributed by atoms with E-state index in [0.717, 1.165) is 24.5 Å². The maximum Gasteiger partial charge on any atom is 0.0364 e. The second kappa shape index (κ2) is 7.07. The predicted molar refractivity (Wildman–Crippen MR) is 74.6 cm³/mol. The molecule has 1 aromatic carbocycles. The summed E-state index contributed by atoms with van der Waals surface area (Å²) in [5, 5.41) is 0. The van der Waals surface area contributed by atoms with Crippen LogP contribution in [0.1, 0.15) is 13.3 Å². The highest BCUT2D eigenvalue weighted by Gasteiger charge is 1.99. The fourth-order valence-corrected chi connectivity index (χ4v) is 2.20. The predicted octanol–water partition coefficient (Wildman–Crippen LogP) is 3.55. The van der Waals surface area contributed by atoms with E-state index < -0.39 is 0 Å². The van der Waals surface area contributed by atoms with Crippen LogP contribution in [-0.4, -0.2) is 25.1 Å². The Morgan fingerprint density at radius 1 is 1.27 bits per heavy atom. The Kier molecular flexibility index (Phi) is 6.03. The molecule has 0 aliphatic heterocycles. The SMILES string of the molecule is CCSc1ccc(N(C)CCCS)cc1. The summed E-state index contributed by atoms with van der Waals surface area (Å²) in [6, 6.07) is 8.77. The fourth-order valence-electron chi connectivity index (χ4n) is 1.40. The van der Waals surface area contributed by atoms with E-state index >= 15 is 0 Å². The third kappa shape index (κ3) is 4.39. The highest BCUT2D eigenvalue weighted by atomic mass is 32.2. The molecule has 0 fully saturated rings. The number of thiol groups is 1.